The Bertz CT molecular complexity index is 833. The van der Waals surface area contributed by atoms with Crippen LogP contribution in [0.2, 0.25) is 0 Å². The molecule has 0 spiro atoms. The number of rotatable bonds is 5. The highest BCUT2D eigenvalue weighted by Gasteiger charge is 2.25. The Morgan fingerprint density at radius 3 is 2.47 bits per heavy atom. The first kappa shape index (κ1) is 22.7. The second-order valence-corrected chi connectivity index (χ2v) is 8.99. The second-order valence-electron chi connectivity index (χ2n) is 7.82. The second kappa shape index (κ2) is 10.8. The Morgan fingerprint density at radius 1 is 1.10 bits per heavy atom. The highest BCUT2D eigenvalue weighted by Crippen LogP contribution is 2.35. The van der Waals surface area contributed by atoms with Crippen molar-refractivity contribution in [2.75, 3.05) is 38.7 Å². The van der Waals surface area contributed by atoms with Crippen molar-refractivity contribution in [2.24, 2.45) is 0 Å². The van der Waals surface area contributed by atoms with E-state index in [-0.39, 0.29) is 5.91 Å². The SMILES string of the molecule is CCCN1CNc2cc(SN3CCC(c4ccc(C)cc4)CC3)ccc2C1=O.CO. The Balaban J connectivity index is 0.00000124. The third kappa shape index (κ3) is 5.36. The molecule has 2 heterocycles. The number of aliphatic hydroxyl groups is 1. The van der Waals surface area contributed by atoms with Gasteiger partial charge in [-0.15, -0.1) is 0 Å². The maximum absolute atomic E-state index is 12.6. The van der Waals surface area contributed by atoms with Crippen LogP contribution in [0.15, 0.2) is 47.4 Å². The monoisotopic (exact) mass is 427 g/mol. The number of aryl methyl sites for hydroxylation is 1. The van der Waals surface area contributed by atoms with E-state index in [9.17, 15) is 4.79 Å². The van der Waals surface area contributed by atoms with E-state index in [0.29, 0.717) is 12.6 Å². The van der Waals surface area contributed by atoms with Gasteiger partial charge in [-0.05, 0) is 67.8 Å². The highest BCUT2D eigenvalue weighted by molar-refractivity contribution is 7.97. The number of carbonyl (C=O) groups is 1. The zero-order valence-corrected chi connectivity index (χ0v) is 19.0. The third-order valence-electron chi connectivity index (χ3n) is 5.70. The molecule has 2 aromatic carbocycles. The fourth-order valence-electron chi connectivity index (χ4n) is 4.05. The Labute approximate surface area is 184 Å². The van der Waals surface area contributed by atoms with Gasteiger partial charge in [0.1, 0.15) is 0 Å². The summed E-state index contributed by atoms with van der Waals surface area (Å²) in [6.07, 6.45) is 3.38. The number of fused-ring (bicyclic) bond motifs is 1. The molecule has 1 saturated heterocycles. The molecular formula is C24H33N3O2S. The molecular weight excluding hydrogens is 394 g/mol. The summed E-state index contributed by atoms with van der Waals surface area (Å²) in [6, 6.07) is 15.2. The van der Waals surface area contributed by atoms with Gasteiger partial charge in [-0.1, -0.05) is 36.8 Å². The number of aliphatic hydroxyl groups excluding tert-OH is 1. The minimum Gasteiger partial charge on any atom is -0.400 e. The quantitative estimate of drug-likeness (QED) is 0.676. The lowest BCUT2D eigenvalue weighted by Crippen LogP contribution is -2.40. The molecule has 1 amide bonds. The van der Waals surface area contributed by atoms with E-state index < -0.39 is 0 Å². The van der Waals surface area contributed by atoms with E-state index in [2.05, 4.69) is 59.9 Å². The lowest BCUT2D eigenvalue weighted by molar-refractivity contribution is 0.0758. The summed E-state index contributed by atoms with van der Waals surface area (Å²) in [5.41, 5.74) is 4.57. The summed E-state index contributed by atoms with van der Waals surface area (Å²) < 4.78 is 2.46. The Hall–Kier alpha value is -2.02. The molecule has 0 saturated carbocycles. The first-order valence-corrected chi connectivity index (χ1v) is 11.5. The zero-order chi connectivity index (χ0) is 21.5. The Morgan fingerprint density at radius 2 is 1.80 bits per heavy atom. The molecule has 1 fully saturated rings. The van der Waals surface area contributed by atoms with Crippen molar-refractivity contribution in [3.05, 3.63) is 59.2 Å². The molecule has 2 N–H and O–H groups in total. The van der Waals surface area contributed by atoms with Gasteiger partial charge in [0.25, 0.3) is 5.91 Å². The molecule has 0 radical (unpaired) electrons. The summed E-state index contributed by atoms with van der Waals surface area (Å²) in [6.45, 7) is 7.84. The topological polar surface area (TPSA) is 55.8 Å². The molecule has 0 aliphatic carbocycles. The van der Waals surface area contributed by atoms with Gasteiger partial charge in [-0.3, -0.25) is 4.79 Å². The van der Waals surface area contributed by atoms with E-state index in [4.69, 9.17) is 5.11 Å². The van der Waals surface area contributed by atoms with Crippen LogP contribution in [0.4, 0.5) is 5.69 Å². The van der Waals surface area contributed by atoms with Gasteiger partial charge in [0.15, 0.2) is 0 Å². The Kier molecular flexibility index (Phi) is 8.19. The predicted molar refractivity (Wildman–Crippen MR) is 125 cm³/mol. The molecule has 30 heavy (non-hydrogen) atoms. The van der Waals surface area contributed by atoms with Crippen LogP contribution >= 0.6 is 11.9 Å². The highest BCUT2D eigenvalue weighted by atomic mass is 32.2. The smallest absolute Gasteiger partial charge is 0.257 e. The molecule has 6 heteroatoms. The van der Waals surface area contributed by atoms with Crippen LogP contribution in [-0.2, 0) is 0 Å². The van der Waals surface area contributed by atoms with Crippen molar-refractivity contribution in [3.8, 4) is 0 Å². The van der Waals surface area contributed by atoms with Crippen molar-refractivity contribution < 1.29 is 9.90 Å². The van der Waals surface area contributed by atoms with E-state index in [1.54, 1.807) is 0 Å². The van der Waals surface area contributed by atoms with E-state index in [0.717, 1.165) is 44.4 Å². The molecule has 0 atom stereocenters. The molecule has 2 aliphatic heterocycles. The summed E-state index contributed by atoms with van der Waals surface area (Å²) in [4.78, 5) is 15.7. The van der Waals surface area contributed by atoms with Crippen LogP contribution in [0.1, 0.15) is 53.6 Å². The van der Waals surface area contributed by atoms with Crippen LogP contribution < -0.4 is 5.32 Å². The molecule has 0 bridgehead atoms. The number of benzene rings is 2. The van der Waals surface area contributed by atoms with Gasteiger partial charge < -0.3 is 15.3 Å². The number of piperidine rings is 1. The zero-order valence-electron chi connectivity index (χ0n) is 18.2. The van der Waals surface area contributed by atoms with Crippen molar-refractivity contribution in [2.45, 2.75) is 43.9 Å². The van der Waals surface area contributed by atoms with Crippen molar-refractivity contribution in [1.29, 1.82) is 0 Å². The standard InChI is InChI=1S/C23H29N3OS.CH4O/c1-3-12-25-16-24-22-15-20(8-9-21(22)23(25)27)28-26-13-10-19(11-14-26)18-6-4-17(2)5-7-18;1-2/h4-9,15,19,24H,3,10-14,16H2,1-2H3;2H,1H3. The average molecular weight is 428 g/mol. The molecule has 5 nitrogen and oxygen atoms in total. The maximum Gasteiger partial charge on any atom is 0.257 e. The van der Waals surface area contributed by atoms with Gasteiger partial charge in [0, 0.05) is 37.3 Å². The minimum atomic E-state index is 0.145. The lowest BCUT2D eigenvalue weighted by atomic mass is 9.90. The van der Waals surface area contributed by atoms with Crippen LogP contribution in [0.25, 0.3) is 0 Å². The van der Waals surface area contributed by atoms with Crippen molar-refractivity contribution >= 4 is 23.5 Å². The molecule has 162 valence electrons. The van der Waals surface area contributed by atoms with Gasteiger partial charge in [-0.25, -0.2) is 4.31 Å². The molecule has 4 rings (SSSR count). The summed E-state index contributed by atoms with van der Waals surface area (Å²) in [5.74, 6) is 0.816. The molecule has 0 aromatic heterocycles. The lowest BCUT2D eigenvalue weighted by Gasteiger charge is -2.32. The first-order valence-electron chi connectivity index (χ1n) is 10.8. The normalized spacial score (nSPS) is 17.1. The summed E-state index contributed by atoms with van der Waals surface area (Å²) in [5, 5.41) is 10.4. The van der Waals surface area contributed by atoms with Crippen LogP contribution in [-0.4, -0.2) is 53.6 Å². The van der Waals surface area contributed by atoms with Crippen LogP contribution in [0, 0.1) is 6.92 Å². The largest absolute Gasteiger partial charge is 0.400 e. The third-order valence-corrected chi connectivity index (χ3v) is 6.79. The summed E-state index contributed by atoms with van der Waals surface area (Å²) in [7, 11) is 1.00. The maximum atomic E-state index is 12.6. The van der Waals surface area contributed by atoms with Gasteiger partial charge in [-0.2, -0.15) is 0 Å². The number of hydrogen-bond donors (Lipinski definition) is 2. The van der Waals surface area contributed by atoms with E-state index >= 15 is 0 Å². The van der Waals surface area contributed by atoms with Gasteiger partial charge in [0.2, 0.25) is 0 Å². The fourth-order valence-corrected chi connectivity index (χ4v) is 5.05. The van der Waals surface area contributed by atoms with Crippen molar-refractivity contribution in [1.82, 2.24) is 9.21 Å². The number of carbonyl (C=O) groups excluding carboxylic acids is 1. The number of hydrogen-bond acceptors (Lipinski definition) is 5. The van der Waals surface area contributed by atoms with Crippen molar-refractivity contribution in [3.63, 3.8) is 0 Å². The molecule has 2 aromatic rings. The van der Waals surface area contributed by atoms with Gasteiger partial charge >= 0.3 is 0 Å². The minimum absolute atomic E-state index is 0.145. The number of nitrogens with zero attached hydrogens (tertiary/aromatic N) is 2. The number of anilines is 1. The van der Waals surface area contributed by atoms with Crippen LogP contribution in [0.3, 0.4) is 0 Å². The first-order chi connectivity index (χ1) is 14.6. The average Bonchev–Trinajstić information content (AvgIpc) is 2.78. The van der Waals surface area contributed by atoms with E-state index in [1.807, 2.05) is 22.9 Å². The number of amides is 1. The fraction of sp³-hybridized carbons (Fsp3) is 0.458. The predicted octanol–water partition coefficient (Wildman–Crippen LogP) is 4.73. The number of nitrogens with one attached hydrogen (secondary N) is 1. The summed E-state index contributed by atoms with van der Waals surface area (Å²) >= 11 is 1.82. The van der Waals surface area contributed by atoms with Gasteiger partial charge in [0.05, 0.1) is 12.2 Å². The van der Waals surface area contributed by atoms with E-state index in [1.165, 1.54) is 28.9 Å². The molecule has 2 aliphatic rings. The van der Waals surface area contributed by atoms with Crippen LogP contribution in [0.5, 0.6) is 0 Å². The molecule has 0 unspecified atom stereocenters.